The molecule has 0 fully saturated rings. The molecule has 3 heteroatoms. The van der Waals surface area contributed by atoms with Gasteiger partial charge in [0, 0.05) is 0 Å². The maximum absolute atomic E-state index is 10.9. The first-order valence-corrected chi connectivity index (χ1v) is 5.14. The van der Waals surface area contributed by atoms with Crippen molar-refractivity contribution < 1.29 is 22.2 Å². The molecule has 0 aliphatic heterocycles. The van der Waals surface area contributed by atoms with Crippen molar-refractivity contribution in [1.82, 2.24) is 0 Å². The Hall–Kier alpha value is -1.53. The fourth-order valence-electron chi connectivity index (χ4n) is 1.21. The van der Waals surface area contributed by atoms with E-state index in [1.165, 1.54) is 0 Å². The van der Waals surface area contributed by atoms with Crippen LogP contribution >= 0.6 is 0 Å². The van der Waals surface area contributed by atoms with Crippen LogP contribution in [0.25, 0.3) is 5.41 Å². The zero-order valence-electron chi connectivity index (χ0n) is 9.53. The fourth-order valence-corrected chi connectivity index (χ4v) is 1.21. The second-order valence-corrected chi connectivity index (χ2v) is 3.24. The van der Waals surface area contributed by atoms with Gasteiger partial charge in [0.25, 0.3) is 0 Å². The zero-order chi connectivity index (χ0) is 11.8. The van der Waals surface area contributed by atoms with Gasteiger partial charge >= 0.3 is 17.1 Å². The Morgan fingerprint density at radius 3 is 1.94 bits per heavy atom. The molecule has 2 rings (SSSR count). The molecule has 0 spiro atoms. The van der Waals surface area contributed by atoms with Crippen molar-refractivity contribution in [1.29, 1.82) is 0 Å². The van der Waals surface area contributed by atoms with Gasteiger partial charge in [-0.2, -0.15) is 0 Å². The standard InChI is InChI=1S/C8H10O.C6H4N.Fe/c1-2-8(9)7-5-3-4-6-7;7-5-6-3-1-2-4-6;/h3-6,9H,2H2,1H3;1-4H;/q;-1;+2/p-1. The first kappa shape index (κ1) is 15.5. The van der Waals surface area contributed by atoms with Gasteiger partial charge in [0.05, 0.1) is 0 Å². The minimum absolute atomic E-state index is 0. The molecule has 2 aliphatic rings. The molecule has 0 amide bonds. The van der Waals surface area contributed by atoms with Crippen molar-refractivity contribution in [2.24, 2.45) is 0 Å². The Kier molecular flexibility index (Phi) is 7.83. The summed E-state index contributed by atoms with van der Waals surface area (Å²) in [7, 11) is 0. The van der Waals surface area contributed by atoms with Crippen molar-refractivity contribution in [3.63, 3.8) is 0 Å². The Morgan fingerprint density at radius 1 is 1.12 bits per heavy atom. The molecule has 0 saturated carbocycles. The minimum atomic E-state index is 0. The van der Waals surface area contributed by atoms with Gasteiger partial charge in [0.1, 0.15) is 0 Å². The van der Waals surface area contributed by atoms with Gasteiger partial charge in [-0.25, -0.2) is 0 Å². The Morgan fingerprint density at radius 2 is 1.59 bits per heavy atom. The van der Waals surface area contributed by atoms with E-state index in [-0.39, 0.29) is 22.8 Å². The second kappa shape index (κ2) is 8.60. The number of hydrogen-bond acceptors (Lipinski definition) is 1. The van der Waals surface area contributed by atoms with Gasteiger partial charge in [-0.1, -0.05) is 43.4 Å². The van der Waals surface area contributed by atoms with Crippen LogP contribution in [0.4, 0.5) is 0 Å². The van der Waals surface area contributed by atoms with Crippen LogP contribution in [0.3, 0.4) is 0 Å². The number of allylic oxidation sites excluding steroid dienone is 11. The van der Waals surface area contributed by atoms with E-state index in [2.05, 4.69) is 0 Å². The summed E-state index contributed by atoms with van der Waals surface area (Å²) >= 11 is 0. The Bertz CT molecular complexity index is 419. The van der Waals surface area contributed by atoms with Gasteiger partial charge in [-0.15, -0.1) is 5.76 Å². The summed E-state index contributed by atoms with van der Waals surface area (Å²) in [5.41, 5.74) is 1.57. The molecule has 17 heavy (non-hydrogen) atoms. The molecule has 0 saturated heterocycles. The normalized spacial score (nSPS) is 14.2. The summed E-state index contributed by atoms with van der Waals surface area (Å²) < 4.78 is 0. The third-order valence-electron chi connectivity index (χ3n) is 2.10. The van der Waals surface area contributed by atoms with Crippen LogP contribution in [-0.4, -0.2) is 5.87 Å². The second-order valence-electron chi connectivity index (χ2n) is 3.24. The van der Waals surface area contributed by atoms with Crippen LogP contribution in [-0.2, 0) is 17.1 Å². The van der Waals surface area contributed by atoms with Crippen molar-refractivity contribution >= 4 is 5.87 Å². The first-order valence-electron chi connectivity index (χ1n) is 5.14. The molecule has 0 N–H and O–H groups in total. The van der Waals surface area contributed by atoms with E-state index in [4.69, 9.17) is 5.41 Å². The molecule has 0 atom stereocenters. The molecular weight excluding hydrogens is 254 g/mol. The molecule has 2 aliphatic carbocycles. The summed E-state index contributed by atoms with van der Waals surface area (Å²) in [5.74, 6) is 2.23. The third kappa shape index (κ3) is 5.37. The topological polar surface area (TPSA) is 45.4 Å². The van der Waals surface area contributed by atoms with Crippen molar-refractivity contribution in [2.75, 3.05) is 0 Å². The van der Waals surface area contributed by atoms with E-state index in [0.29, 0.717) is 6.42 Å². The van der Waals surface area contributed by atoms with Gasteiger partial charge in [-0.3, -0.25) is 5.87 Å². The molecule has 0 unspecified atom stereocenters. The Labute approximate surface area is 112 Å². The smallest absolute Gasteiger partial charge is 0.875 e. The van der Waals surface area contributed by atoms with Crippen LogP contribution in [0.1, 0.15) is 13.3 Å². The fraction of sp³-hybridized carbons (Fsp3) is 0.143. The quantitative estimate of drug-likeness (QED) is 0.409. The molecule has 0 aromatic rings. The van der Waals surface area contributed by atoms with Crippen LogP contribution < -0.4 is 5.11 Å². The number of nitrogens with zero attached hydrogens (tertiary/aromatic N) is 1. The van der Waals surface area contributed by atoms with Crippen LogP contribution in [0, 0.1) is 0 Å². The molecule has 0 heterocycles. The van der Waals surface area contributed by atoms with E-state index in [9.17, 15) is 5.11 Å². The Balaban J connectivity index is 0.000000292. The summed E-state index contributed by atoms with van der Waals surface area (Å²) in [5, 5.41) is 19.1. The van der Waals surface area contributed by atoms with Crippen molar-refractivity contribution in [3.05, 3.63) is 70.9 Å². The number of hydrogen-bond donors (Lipinski definition) is 0. The molecule has 2 nitrogen and oxygen atoms in total. The van der Waals surface area contributed by atoms with E-state index in [1.807, 2.05) is 49.2 Å². The molecule has 0 bridgehead atoms. The maximum atomic E-state index is 10.9. The summed E-state index contributed by atoms with van der Waals surface area (Å²) in [6.45, 7) is 1.87. The monoisotopic (exact) mass is 267 g/mol. The molecule has 88 valence electrons. The van der Waals surface area contributed by atoms with Crippen LogP contribution in [0.15, 0.2) is 65.5 Å². The van der Waals surface area contributed by atoms with Gasteiger partial charge in [-0.05, 0) is 29.7 Å². The molecular formula is C14H13FeNO. The SMILES string of the molecule is CCC([O-])=C1C=CC=C1.[Fe+2].[N-]=C=C1C=CC=C1. The average Bonchev–Trinajstić information content (AvgIpc) is 3.01. The van der Waals surface area contributed by atoms with E-state index < -0.39 is 0 Å². The largest absolute Gasteiger partial charge is 2.00 e. The summed E-state index contributed by atoms with van der Waals surface area (Å²) in [6.07, 6.45) is 15.3. The third-order valence-corrected chi connectivity index (χ3v) is 2.10. The maximum Gasteiger partial charge on any atom is 2.00 e. The zero-order valence-corrected chi connectivity index (χ0v) is 10.6. The van der Waals surface area contributed by atoms with Crippen LogP contribution in [0.2, 0.25) is 0 Å². The van der Waals surface area contributed by atoms with E-state index in [0.717, 1.165) is 11.1 Å². The minimum Gasteiger partial charge on any atom is -0.875 e. The number of rotatable bonds is 1. The summed E-state index contributed by atoms with van der Waals surface area (Å²) in [6, 6.07) is 0. The molecule has 0 aromatic carbocycles. The van der Waals surface area contributed by atoms with Crippen molar-refractivity contribution in [2.45, 2.75) is 13.3 Å². The van der Waals surface area contributed by atoms with Crippen molar-refractivity contribution in [3.8, 4) is 0 Å². The van der Waals surface area contributed by atoms with Gasteiger partial charge in [0.15, 0.2) is 0 Å². The summed E-state index contributed by atoms with van der Waals surface area (Å²) in [4.78, 5) is 0. The average molecular weight is 267 g/mol. The molecule has 0 aromatic heterocycles. The van der Waals surface area contributed by atoms with Crippen LogP contribution in [0.5, 0.6) is 0 Å². The molecule has 0 radical (unpaired) electrons. The predicted molar refractivity (Wildman–Crippen MR) is 65.8 cm³/mol. The predicted octanol–water partition coefficient (Wildman–Crippen LogP) is 2.41. The van der Waals surface area contributed by atoms with Gasteiger partial charge in [0.2, 0.25) is 0 Å². The van der Waals surface area contributed by atoms with E-state index in [1.54, 1.807) is 12.2 Å². The first-order chi connectivity index (χ1) is 7.77. The van der Waals surface area contributed by atoms with Gasteiger partial charge < -0.3 is 10.5 Å². The van der Waals surface area contributed by atoms with E-state index >= 15 is 0 Å².